The molecule has 7 heteroatoms. The highest BCUT2D eigenvalue weighted by molar-refractivity contribution is 8.00. The van der Waals surface area contributed by atoms with Crippen molar-refractivity contribution in [3.63, 3.8) is 0 Å². The summed E-state index contributed by atoms with van der Waals surface area (Å²) in [5, 5.41) is 9.96. The molecule has 2 aromatic carbocycles. The van der Waals surface area contributed by atoms with E-state index in [1.54, 1.807) is 0 Å². The lowest BCUT2D eigenvalue weighted by molar-refractivity contribution is -0.115. The van der Waals surface area contributed by atoms with Crippen molar-refractivity contribution in [2.24, 2.45) is 0 Å². The van der Waals surface area contributed by atoms with E-state index in [1.807, 2.05) is 68.4 Å². The van der Waals surface area contributed by atoms with Crippen LogP contribution >= 0.6 is 11.8 Å². The molecule has 2 N–H and O–H groups in total. The second-order valence-corrected chi connectivity index (χ2v) is 6.60. The molecule has 3 aromatic rings. The van der Waals surface area contributed by atoms with E-state index < -0.39 is 5.25 Å². The van der Waals surface area contributed by atoms with Crippen LogP contribution in [-0.2, 0) is 4.79 Å². The quantitative estimate of drug-likeness (QED) is 0.617. The van der Waals surface area contributed by atoms with Crippen LogP contribution in [0.15, 0.2) is 59.8 Å². The third-order valence-corrected chi connectivity index (χ3v) is 4.70. The number of benzene rings is 2. The molecule has 1 heterocycles. The van der Waals surface area contributed by atoms with Crippen molar-refractivity contribution in [3.8, 4) is 5.75 Å². The van der Waals surface area contributed by atoms with Crippen LogP contribution in [0.25, 0.3) is 0 Å². The molecule has 1 atom stereocenters. The molecule has 3 rings (SSSR count). The Bertz CT molecular complexity index is 867. The molecule has 26 heavy (non-hydrogen) atoms. The van der Waals surface area contributed by atoms with Gasteiger partial charge in [-0.3, -0.25) is 9.89 Å². The average Bonchev–Trinajstić information content (AvgIpc) is 3.07. The molecule has 0 radical (unpaired) electrons. The molecule has 1 amide bonds. The van der Waals surface area contributed by atoms with Crippen LogP contribution in [0.5, 0.6) is 5.75 Å². The summed E-state index contributed by atoms with van der Waals surface area (Å²) in [6.07, 6.45) is 0. The Hall–Kier alpha value is -2.80. The number of hydrogen-bond acceptors (Lipinski definition) is 5. The lowest BCUT2D eigenvalue weighted by atomic mass is 10.1. The molecule has 134 valence electrons. The van der Waals surface area contributed by atoms with Crippen molar-refractivity contribution < 1.29 is 9.53 Å². The smallest absolute Gasteiger partial charge is 0.242 e. The lowest BCUT2D eigenvalue weighted by Crippen LogP contribution is -2.19. The first-order chi connectivity index (χ1) is 12.7. The van der Waals surface area contributed by atoms with Crippen LogP contribution in [0.3, 0.4) is 0 Å². The molecule has 6 nitrogen and oxygen atoms in total. The monoisotopic (exact) mass is 368 g/mol. The number of ether oxygens (including phenoxy) is 1. The van der Waals surface area contributed by atoms with Gasteiger partial charge < -0.3 is 10.1 Å². The standard InChI is InChI=1S/C19H20N4O2S/c1-3-25-16-12-8-7-11-15(16)21-18(24)17(14-9-5-4-6-10-14)26-19-20-13(2)22-23-19/h4-12,17H,3H2,1-2H3,(H,21,24)(H,20,22,23). The van der Waals surface area contributed by atoms with Crippen LogP contribution in [-0.4, -0.2) is 27.7 Å². The van der Waals surface area contributed by atoms with E-state index in [-0.39, 0.29) is 5.91 Å². The van der Waals surface area contributed by atoms with Crippen LogP contribution in [0.4, 0.5) is 5.69 Å². The number of H-pyrrole nitrogens is 1. The van der Waals surface area contributed by atoms with E-state index >= 15 is 0 Å². The number of carbonyl (C=O) groups is 1. The minimum atomic E-state index is -0.485. The Balaban J connectivity index is 1.85. The predicted molar refractivity (Wildman–Crippen MR) is 102 cm³/mol. The highest BCUT2D eigenvalue weighted by atomic mass is 32.2. The summed E-state index contributed by atoms with van der Waals surface area (Å²) in [7, 11) is 0. The Morgan fingerprint density at radius 2 is 1.92 bits per heavy atom. The van der Waals surface area contributed by atoms with Crippen molar-refractivity contribution in [3.05, 3.63) is 66.0 Å². The van der Waals surface area contributed by atoms with Gasteiger partial charge in [0.05, 0.1) is 12.3 Å². The fourth-order valence-corrected chi connectivity index (χ4v) is 3.39. The summed E-state index contributed by atoms with van der Waals surface area (Å²) in [4.78, 5) is 17.3. The average molecular weight is 368 g/mol. The summed E-state index contributed by atoms with van der Waals surface area (Å²) < 4.78 is 5.59. The number of anilines is 1. The summed E-state index contributed by atoms with van der Waals surface area (Å²) in [5.41, 5.74) is 1.53. The fraction of sp³-hybridized carbons (Fsp3) is 0.211. The normalized spacial score (nSPS) is 11.8. The lowest BCUT2D eigenvalue weighted by Gasteiger charge is -2.17. The van der Waals surface area contributed by atoms with Crippen LogP contribution < -0.4 is 10.1 Å². The number of amides is 1. The number of thioether (sulfide) groups is 1. The number of carbonyl (C=O) groups excluding carboxylic acids is 1. The molecular formula is C19H20N4O2S. The first-order valence-electron chi connectivity index (χ1n) is 8.30. The summed E-state index contributed by atoms with van der Waals surface area (Å²) in [5.74, 6) is 1.20. The van der Waals surface area contributed by atoms with Crippen molar-refractivity contribution in [2.45, 2.75) is 24.3 Å². The van der Waals surface area contributed by atoms with E-state index in [1.165, 1.54) is 11.8 Å². The fourth-order valence-electron chi connectivity index (χ4n) is 2.43. The Morgan fingerprint density at radius 3 is 2.62 bits per heavy atom. The van der Waals surface area contributed by atoms with E-state index in [9.17, 15) is 4.79 Å². The maximum atomic E-state index is 13.0. The molecule has 0 aliphatic carbocycles. The second kappa shape index (κ2) is 8.53. The molecule has 0 saturated heterocycles. The number of nitrogens with zero attached hydrogens (tertiary/aromatic N) is 2. The van der Waals surface area contributed by atoms with Gasteiger partial charge in [-0.25, -0.2) is 4.98 Å². The zero-order valence-electron chi connectivity index (χ0n) is 14.6. The molecule has 0 bridgehead atoms. The highest BCUT2D eigenvalue weighted by Crippen LogP contribution is 2.35. The molecular weight excluding hydrogens is 348 g/mol. The van der Waals surface area contributed by atoms with E-state index in [4.69, 9.17) is 4.74 Å². The molecule has 0 fully saturated rings. The van der Waals surface area contributed by atoms with Gasteiger partial charge in [-0.1, -0.05) is 54.2 Å². The predicted octanol–water partition coefficient (Wildman–Crippen LogP) is 3.98. The van der Waals surface area contributed by atoms with Crippen molar-refractivity contribution >= 4 is 23.4 Å². The SMILES string of the molecule is CCOc1ccccc1NC(=O)C(Sc1n[nH]c(C)n1)c1ccccc1. The Labute approximate surface area is 156 Å². The maximum Gasteiger partial charge on any atom is 0.242 e. The number of aryl methyl sites for hydroxylation is 1. The summed E-state index contributed by atoms with van der Waals surface area (Å²) in [6.45, 7) is 4.26. The second-order valence-electron chi connectivity index (χ2n) is 5.53. The third-order valence-electron chi connectivity index (χ3n) is 3.59. The molecule has 1 unspecified atom stereocenters. The molecule has 0 aliphatic heterocycles. The van der Waals surface area contributed by atoms with Crippen LogP contribution in [0.2, 0.25) is 0 Å². The van der Waals surface area contributed by atoms with Gasteiger partial charge in [0.25, 0.3) is 0 Å². The largest absolute Gasteiger partial charge is 0.492 e. The highest BCUT2D eigenvalue weighted by Gasteiger charge is 2.24. The van der Waals surface area contributed by atoms with Crippen molar-refractivity contribution in [1.82, 2.24) is 15.2 Å². The zero-order valence-corrected chi connectivity index (χ0v) is 15.4. The first-order valence-corrected chi connectivity index (χ1v) is 9.18. The minimum absolute atomic E-state index is 0.157. The molecule has 0 aliphatic rings. The summed E-state index contributed by atoms with van der Waals surface area (Å²) in [6, 6.07) is 17.0. The Morgan fingerprint density at radius 1 is 1.19 bits per heavy atom. The van der Waals surface area contributed by atoms with E-state index in [2.05, 4.69) is 20.5 Å². The molecule has 0 spiro atoms. The number of rotatable bonds is 7. The van der Waals surface area contributed by atoms with Gasteiger partial charge in [0.1, 0.15) is 16.8 Å². The van der Waals surface area contributed by atoms with Gasteiger partial charge in [-0.15, -0.1) is 5.10 Å². The topological polar surface area (TPSA) is 79.9 Å². The number of hydrogen-bond donors (Lipinski definition) is 2. The van der Waals surface area contributed by atoms with Gasteiger partial charge in [-0.2, -0.15) is 0 Å². The number of para-hydroxylation sites is 2. The molecule has 0 saturated carbocycles. The summed E-state index contributed by atoms with van der Waals surface area (Å²) >= 11 is 1.30. The van der Waals surface area contributed by atoms with Gasteiger partial charge in [0.15, 0.2) is 0 Å². The minimum Gasteiger partial charge on any atom is -0.492 e. The van der Waals surface area contributed by atoms with Gasteiger partial charge in [-0.05, 0) is 31.5 Å². The molecule has 1 aromatic heterocycles. The zero-order chi connectivity index (χ0) is 18.4. The number of nitrogens with one attached hydrogen (secondary N) is 2. The van der Waals surface area contributed by atoms with Crippen molar-refractivity contribution in [1.29, 1.82) is 0 Å². The third kappa shape index (κ3) is 4.43. The van der Waals surface area contributed by atoms with Gasteiger partial charge >= 0.3 is 0 Å². The van der Waals surface area contributed by atoms with Crippen LogP contribution in [0.1, 0.15) is 23.6 Å². The van der Waals surface area contributed by atoms with Crippen molar-refractivity contribution in [2.75, 3.05) is 11.9 Å². The van der Waals surface area contributed by atoms with Crippen LogP contribution in [0, 0.1) is 6.92 Å². The van der Waals surface area contributed by atoms with Gasteiger partial charge in [0, 0.05) is 0 Å². The first kappa shape index (κ1) is 18.0. The van der Waals surface area contributed by atoms with E-state index in [0.717, 1.165) is 5.56 Å². The van der Waals surface area contributed by atoms with E-state index in [0.29, 0.717) is 29.0 Å². The van der Waals surface area contributed by atoms with Gasteiger partial charge in [0.2, 0.25) is 11.1 Å². The maximum absolute atomic E-state index is 13.0. The Kier molecular flexibility index (Phi) is 5.91. The number of aromatic amines is 1. The number of aromatic nitrogens is 3.